The van der Waals surface area contributed by atoms with E-state index in [4.69, 9.17) is 9.83 Å². The first-order valence-electron chi connectivity index (χ1n) is 10.9. The monoisotopic (exact) mass is 432 g/mol. The lowest BCUT2D eigenvalue weighted by Gasteiger charge is -2.48. The highest BCUT2D eigenvalue weighted by molar-refractivity contribution is 8.14. The number of thioether (sulfide) groups is 1. The third-order valence-electron chi connectivity index (χ3n) is 6.94. The summed E-state index contributed by atoms with van der Waals surface area (Å²) in [6.45, 7) is 11.2. The Labute approximate surface area is 187 Å². The summed E-state index contributed by atoms with van der Waals surface area (Å²) >= 11 is 1.28. The number of fused-ring (bicyclic) bond motifs is 2. The smallest absolute Gasteiger partial charge is 0.346 e. The molecule has 0 spiro atoms. The number of rotatable bonds is 2. The van der Waals surface area contributed by atoms with Gasteiger partial charge in [-0.05, 0) is 53.5 Å². The zero-order chi connectivity index (χ0) is 22.0. The van der Waals surface area contributed by atoms with E-state index in [1.807, 2.05) is 36.4 Å². The summed E-state index contributed by atoms with van der Waals surface area (Å²) in [5.74, 6) is 0. The molecular formula is C26H28N2O2S. The van der Waals surface area contributed by atoms with Gasteiger partial charge in [0.2, 0.25) is 0 Å². The summed E-state index contributed by atoms with van der Waals surface area (Å²) in [6, 6.07) is 13.8. The molecule has 0 aliphatic carbocycles. The molecule has 3 aromatic rings. The van der Waals surface area contributed by atoms with Crippen molar-refractivity contribution in [1.82, 2.24) is 0 Å². The number of benzene rings is 2. The highest BCUT2D eigenvalue weighted by atomic mass is 32.2. The molecule has 0 saturated carbocycles. The topological polar surface area (TPSA) is 57.3 Å². The van der Waals surface area contributed by atoms with Gasteiger partial charge in [0.25, 0.3) is 0 Å². The van der Waals surface area contributed by atoms with Crippen LogP contribution in [0.3, 0.4) is 0 Å². The normalized spacial score (nSPS) is 18.6. The van der Waals surface area contributed by atoms with E-state index in [0.29, 0.717) is 11.1 Å². The van der Waals surface area contributed by atoms with Crippen LogP contribution in [0.1, 0.15) is 57.2 Å². The Morgan fingerprint density at radius 3 is 2.42 bits per heavy atom. The average molecular weight is 433 g/mol. The summed E-state index contributed by atoms with van der Waals surface area (Å²) in [4.78, 5) is 16.4. The first-order valence-corrected chi connectivity index (χ1v) is 11.7. The van der Waals surface area contributed by atoms with Gasteiger partial charge in [-0.3, -0.25) is 5.41 Å². The molecule has 4 nitrogen and oxygen atoms in total. The van der Waals surface area contributed by atoms with Crippen LogP contribution in [-0.4, -0.2) is 18.1 Å². The molecule has 5 heteroatoms. The Balaban J connectivity index is 1.72. The molecule has 0 unspecified atom stereocenters. The van der Waals surface area contributed by atoms with Crippen LogP contribution in [-0.2, 0) is 10.8 Å². The van der Waals surface area contributed by atoms with Crippen molar-refractivity contribution >= 4 is 33.5 Å². The predicted molar refractivity (Wildman–Crippen MR) is 129 cm³/mol. The van der Waals surface area contributed by atoms with Gasteiger partial charge in [0, 0.05) is 34.6 Å². The minimum Gasteiger partial charge on any atom is -0.422 e. The molecule has 2 aromatic carbocycles. The van der Waals surface area contributed by atoms with Gasteiger partial charge in [-0.25, -0.2) is 4.79 Å². The first-order chi connectivity index (χ1) is 14.7. The fraction of sp³-hybridized carbons (Fsp3) is 0.385. The van der Waals surface area contributed by atoms with Gasteiger partial charge in [-0.2, -0.15) is 0 Å². The molecular weight excluding hydrogens is 404 g/mol. The van der Waals surface area contributed by atoms with Crippen molar-refractivity contribution in [2.24, 2.45) is 0 Å². The molecule has 31 heavy (non-hydrogen) atoms. The zero-order valence-electron chi connectivity index (χ0n) is 18.5. The molecule has 2 aliphatic heterocycles. The third-order valence-corrected chi connectivity index (χ3v) is 7.87. The van der Waals surface area contributed by atoms with Crippen LogP contribution >= 0.6 is 11.8 Å². The highest BCUT2D eigenvalue weighted by Crippen LogP contribution is 2.51. The number of nitrogens with one attached hydrogen (secondary N) is 1. The second-order valence-corrected chi connectivity index (χ2v) is 11.1. The van der Waals surface area contributed by atoms with E-state index in [2.05, 4.69) is 38.7 Å². The molecule has 0 fully saturated rings. The van der Waals surface area contributed by atoms with Crippen molar-refractivity contribution in [2.45, 2.75) is 56.3 Å². The van der Waals surface area contributed by atoms with Gasteiger partial charge < -0.3 is 9.32 Å². The fourth-order valence-electron chi connectivity index (χ4n) is 4.97. The summed E-state index contributed by atoms with van der Waals surface area (Å²) in [6.07, 6.45) is 2.14. The lowest BCUT2D eigenvalue weighted by molar-refractivity contribution is 0.398. The average Bonchev–Trinajstić information content (AvgIpc) is 2.72. The first kappa shape index (κ1) is 20.4. The lowest BCUT2D eigenvalue weighted by atomic mass is 9.69. The zero-order valence-corrected chi connectivity index (χ0v) is 19.4. The maximum Gasteiger partial charge on any atom is 0.346 e. The maximum absolute atomic E-state index is 13.0. The van der Waals surface area contributed by atoms with E-state index in [-0.39, 0.29) is 15.9 Å². The molecule has 5 rings (SSSR count). The summed E-state index contributed by atoms with van der Waals surface area (Å²) < 4.78 is 5.99. The maximum atomic E-state index is 13.0. The van der Waals surface area contributed by atoms with Crippen LogP contribution in [0.5, 0.6) is 0 Å². The van der Waals surface area contributed by atoms with Crippen molar-refractivity contribution in [3.8, 4) is 0 Å². The Kier molecular flexibility index (Phi) is 4.60. The van der Waals surface area contributed by atoms with Crippen molar-refractivity contribution < 1.29 is 4.42 Å². The quantitative estimate of drug-likeness (QED) is 0.231. The molecule has 160 valence electrons. The standard InChI is InChI=1S/C26H28N2O2S/c1-25(2)10-12-28-13-11-26(3,4)20-21(28)19(25)15-16-14-18(24(29)30-22(16)20)23(27)31-17-8-6-5-7-9-17/h5-9,14-15,27H,10-13H2,1-4H3. The van der Waals surface area contributed by atoms with Crippen molar-refractivity contribution in [3.05, 3.63) is 69.6 Å². The minimum absolute atomic E-state index is 0.0603. The largest absolute Gasteiger partial charge is 0.422 e. The molecule has 3 heterocycles. The summed E-state index contributed by atoms with van der Waals surface area (Å²) in [7, 11) is 0. The van der Waals surface area contributed by atoms with Crippen LogP contribution in [0.4, 0.5) is 5.69 Å². The number of nitrogens with zero attached hydrogens (tertiary/aromatic N) is 1. The molecule has 1 N–H and O–H groups in total. The van der Waals surface area contributed by atoms with Crippen LogP contribution in [0.2, 0.25) is 0 Å². The van der Waals surface area contributed by atoms with E-state index in [0.717, 1.165) is 41.8 Å². The minimum atomic E-state index is -0.430. The van der Waals surface area contributed by atoms with Crippen molar-refractivity contribution in [2.75, 3.05) is 18.0 Å². The number of anilines is 1. The van der Waals surface area contributed by atoms with Crippen LogP contribution in [0, 0.1) is 5.41 Å². The van der Waals surface area contributed by atoms with Gasteiger partial charge >= 0.3 is 5.63 Å². The molecule has 0 atom stereocenters. The van der Waals surface area contributed by atoms with E-state index in [1.165, 1.54) is 23.0 Å². The van der Waals surface area contributed by atoms with Crippen LogP contribution in [0.15, 0.2) is 56.6 Å². The lowest BCUT2D eigenvalue weighted by Crippen LogP contribution is -2.44. The highest BCUT2D eigenvalue weighted by Gasteiger charge is 2.42. The Hall–Kier alpha value is -2.53. The Morgan fingerprint density at radius 2 is 1.71 bits per heavy atom. The van der Waals surface area contributed by atoms with Crippen molar-refractivity contribution in [3.63, 3.8) is 0 Å². The molecule has 1 aromatic heterocycles. The van der Waals surface area contributed by atoms with Gasteiger partial charge in [0.1, 0.15) is 10.6 Å². The number of hydrogen-bond acceptors (Lipinski definition) is 5. The second kappa shape index (κ2) is 6.99. The van der Waals surface area contributed by atoms with Gasteiger partial charge in [-0.1, -0.05) is 57.7 Å². The third kappa shape index (κ3) is 3.30. The van der Waals surface area contributed by atoms with Crippen molar-refractivity contribution in [1.29, 1.82) is 5.41 Å². The summed E-state index contributed by atoms with van der Waals surface area (Å²) in [5.41, 5.74) is 4.33. The Morgan fingerprint density at radius 1 is 1.03 bits per heavy atom. The van der Waals surface area contributed by atoms with Crippen LogP contribution in [0.25, 0.3) is 11.0 Å². The van der Waals surface area contributed by atoms with E-state index < -0.39 is 5.63 Å². The van der Waals surface area contributed by atoms with E-state index in [9.17, 15) is 4.79 Å². The van der Waals surface area contributed by atoms with Gasteiger partial charge in [0.15, 0.2) is 0 Å². The SMILES string of the molecule is CC1(C)CCN2CCC(C)(C)c3c2c1cc1cc(C(=N)Sc2ccccc2)c(=O)oc31. The predicted octanol–water partition coefficient (Wildman–Crippen LogP) is 6.08. The summed E-state index contributed by atoms with van der Waals surface area (Å²) in [5, 5.41) is 9.70. The molecule has 0 bridgehead atoms. The molecule has 0 amide bonds. The number of hydrogen-bond donors (Lipinski definition) is 1. The molecule has 0 radical (unpaired) electrons. The van der Waals surface area contributed by atoms with E-state index in [1.54, 1.807) is 0 Å². The van der Waals surface area contributed by atoms with Gasteiger partial charge in [-0.15, -0.1) is 0 Å². The Bertz CT molecular complexity index is 1260. The molecule has 2 aliphatic rings. The van der Waals surface area contributed by atoms with E-state index >= 15 is 0 Å². The van der Waals surface area contributed by atoms with Crippen LogP contribution < -0.4 is 10.5 Å². The van der Waals surface area contributed by atoms with Gasteiger partial charge in [0.05, 0.1) is 5.56 Å². The fourth-order valence-corrected chi connectivity index (χ4v) is 5.75. The molecule has 0 saturated heterocycles. The second-order valence-electron chi connectivity index (χ2n) is 10.0.